The molecule has 0 spiro atoms. The molecule has 1 atom stereocenters. The topological polar surface area (TPSA) is 106 Å². The highest BCUT2D eigenvalue weighted by Gasteiger charge is 2.37. The van der Waals surface area contributed by atoms with Crippen LogP contribution in [0.1, 0.15) is 17.0 Å². The summed E-state index contributed by atoms with van der Waals surface area (Å²) in [5.41, 5.74) is 8.70. The third-order valence-electron chi connectivity index (χ3n) is 4.91. The van der Waals surface area contributed by atoms with E-state index in [0.717, 1.165) is 0 Å². The van der Waals surface area contributed by atoms with Gasteiger partial charge in [0.1, 0.15) is 23.1 Å². The van der Waals surface area contributed by atoms with Gasteiger partial charge in [0.05, 0.1) is 41.4 Å². The first-order valence-electron chi connectivity index (χ1n) is 8.82. The summed E-state index contributed by atoms with van der Waals surface area (Å²) in [6.07, 6.45) is 0. The van der Waals surface area contributed by atoms with E-state index < -0.39 is 5.92 Å². The molecule has 0 saturated heterocycles. The molecule has 3 aromatic rings. The van der Waals surface area contributed by atoms with E-state index in [0.29, 0.717) is 43.9 Å². The van der Waals surface area contributed by atoms with Crippen LogP contribution in [0.2, 0.25) is 10.0 Å². The van der Waals surface area contributed by atoms with Crippen LogP contribution in [-0.4, -0.2) is 24.4 Å². The second-order valence-electron chi connectivity index (χ2n) is 6.45. The molecule has 2 aromatic carbocycles. The molecule has 0 aliphatic carbocycles. The predicted molar refractivity (Wildman–Crippen MR) is 113 cm³/mol. The fourth-order valence-corrected chi connectivity index (χ4v) is 3.93. The van der Waals surface area contributed by atoms with Gasteiger partial charge < -0.3 is 19.9 Å². The van der Waals surface area contributed by atoms with Gasteiger partial charge in [-0.1, -0.05) is 35.3 Å². The lowest BCUT2D eigenvalue weighted by atomic mass is 9.83. The molecule has 0 bridgehead atoms. The number of ether oxygens (including phenoxy) is 3. The molecule has 1 aromatic heterocycles. The molecule has 1 aliphatic heterocycles. The van der Waals surface area contributed by atoms with Crippen molar-refractivity contribution in [2.75, 3.05) is 14.2 Å². The van der Waals surface area contributed by atoms with Gasteiger partial charge in [-0.3, -0.25) is 5.10 Å². The average Bonchev–Trinajstić information content (AvgIpc) is 3.17. The number of nitrogens with one attached hydrogen (secondary N) is 1. The predicted octanol–water partition coefficient (Wildman–Crippen LogP) is 4.62. The van der Waals surface area contributed by atoms with Gasteiger partial charge in [0, 0.05) is 5.56 Å². The van der Waals surface area contributed by atoms with E-state index in [1.807, 2.05) is 0 Å². The summed E-state index contributed by atoms with van der Waals surface area (Å²) in [7, 11) is 3.14. The van der Waals surface area contributed by atoms with E-state index in [2.05, 4.69) is 16.3 Å². The first-order valence-corrected chi connectivity index (χ1v) is 9.57. The number of nitriles is 1. The van der Waals surface area contributed by atoms with Gasteiger partial charge in [-0.05, 0) is 29.8 Å². The molecule has 0 radical (unpaired) electrons. The van der Waals surface area contributed by atoms with Crippen LogP contribution in [0.3, 0.4) is 0 Å². The normalized spacial score (nSPS) is 15.2. The zero-order valence-electron chi connectivity index (χ0n) is 16.0. The molecule has 0 fully saturated rings. The van der Waals surface area contributed by atoms with E-state index in [9.17, 15) is 5.26 Å². The number of allylic oxidation sites excluding steroid dienone is 1. The van der Waals surface area contributed by atoms with E-state index in [-0.39, 0.29) is 17.3 Å². The summed E-state index contributed by atoms with van der Waals surface area (Å²) in [6, 6.07) is 12.7. The molecular weight excluding hydrogens is 427 g/mol. The van der Waals surface area contributed by atoms with Crippen LogP contribution in [0.15, 0.2) is 47.9 Å². The Morgan fingerprint density at radius 2 is 2.00 bits per heavy atom. The van der Waals surface area contributed by atoms with E-state index >= 15 is 0 Å². The van der Waals surface area contributed by atoms with Crippen molar-refractivity contribution in [2.45, 2.75) is 5.92 Å². The Hall–Kier alpha value is -3.34. The number of nitrogens with two attached hydrogens (primary N) is 1. The lowest BCUT2D eigenvalue weighted by Gasteiger charge is -2.25. The monoisotopic (exact) mass is 442 g/mol. The number of nitrogens with zero attached hydrogens (tertiary/aromatic N) is 2. The smallest absolute Gasteiger partial charge is 0.244 e. The van der Waals surface area contributed by atoms with Crippen LogP contribution >= 0.6 is 23.2 Å². The number of benzene rings is 2. The summed E-state index contributed by atoms with van der Waals surface area (Å²) in [6.45, 7) is 0. The van der Waals surface area contributed by atoms with Crippen LogP contribution < -0.4 is 19.9 Å². The molecule has 1 aliphatic rings. The molecular formula is C21H16Cl2N4O3. The molecule has 0 saturated carbocycles. The Bertz CT molecular complexity index is 1210. The van der Waals surface area contributed by atoms with Crippen molar-refractivity contribution in [1.82, 2.24) is 10.2 Å². The van der Waals surface area contributed by atoms with E-state index in [4.69, 9.17) is 43.1 Å². The Labute approximate surface area is 182 Å². The van der Waals surface area contributed by atoms with Crippen molar-refractivity contribution >= 4 is 23.2 Å². The first-order chi connectivity index (χ1) is 14.5. The number of hydrogen-bond acceptors (Lipinski definition) is 6. The Morgan fingerprint density at radius 1 is 1.20 bits per heavy atom. The molecule has 30 heavy (non-hydrogen) atoms. The number of aromatic nitrogens is 2. The minimum absolute atomic E-state index is 0.0401. The molecule has 0 unspecified atom stereocenters. The maximum Gasteiger partial charge on any atom is 0.244 e. The summed E-state index contributed by atoms with van der Waals surface area (Å²) in [4.78, 5) is 0. The van der Waals surface area contributed by atoms with Crippen molar-refractivity contribution < 1.29 is 14.2 Å². The average molecular weight is 443 g/mol. The Balaban J connectivity index is 2.02. The van der Waals surface area contributed by atoms with Crippen molar-refractivity contribution in [3.05, 3.63) is 69.0 Å². The standard InChI is InChI=1S/C21H16Cl2N4O3/c1-28-10-6-7-15(29-2)12(8-10)19-17-16(11-4-3-5-14(22)18(11)23)13(9-24)20(25)30-21(17)27-26-19/h3-8,16H,25H2,1-2H3,(H,26,27)/t16-/m0/s1. The highest BCUT2D eigenvalue weighted by atomic mass is 35.5. The van der Waals surface area contributed by atoms with Crippen LogP contribution in [0.4, 0.5) is 0 Å². The molecule has 0 amide bonds. The number of hydrogen-bond donors (Lipinski definition) is 2. The van der Waals surface area contributed by atoms with E-state index in [1.54, 1.807) is 50.6 Å². The van der Waals surface area contributed by atoms with Gasteiger partial charge >= 0.3 is 0 Å². The lowest BCUT2D eigenvalue weighted by molar-refractivity contribution is 0.379. The van der Waals surface area contributed by atoms with Crippen LogP contribution in [0.25, 0.3) is 11.3 Å². The second-order valence-corrected chi connectivity index (χ2v) is 7.24. The van der Waals surface area contributed by atoms with Gasteiger partial charge in [0.25, 0.3) is 0 Å². The van der Waals surface area contributed by atoms with Crippen LogP contribution in [0, 0.1) is 11.3 Å². The van der Waals surface area contributed by atoms with Crippen molar-refractivity contribution in [3.8, 4) is 34.7 Å². The third-order valence-corrected chi connectivity index (χ3v) is 5.74. The lowest BCUT2D eigenvalue weighted by Crippen LogP contribution is -2.21. The Morgan fingerprint density at radius 3 is 2.70 bits per heavy atom. The highest BCUT2D eigenvalue weighted by molar-refractivity contribution is 6.42. The quantitative estimate of drug-likeness (QED) is 0.610. The Kier molecular flexibility index (Phi) is 5.20. The number of halogens is 2. The number of aromatic amines is 1. The van der Waals surface area contributed by atoms with Gasteiger partial charge in [0.2, 0.25) is 11.8 Å². The maximum atomic E-state index is 9.84. The van der Waals surface area contributed by atoms with Crippen molar-refractivity contribution in [1.29, 1.82) is 5.26 Å². The third kappa shape index (κ3) is 3.11. The van der Waals surface area contributed by atoms with Crippen LogP contribution in [0.5, 0.6) is 17.4 Å². The second kappa shape index (κ2) is 7.82. The summed E-state index contributed by atoms with van der Waals surface area (Å²) in [5.74, 6) is 0.765. The molecule has 7 nitrogen and oxygen atoms in total. The SMILES string of the molecule is COc1ccc(OC)c(-c2[nH]nc3c2[C@@H](c2cccc(Cl)c2Cl)C(C#N)=C(N)O3)c1. The fraction of sp³-hybridized carbons (Fsp3) is 0.143. The molecule has 3 N–H and O–H groups in total. The summed E-state index contributed by atoms with van der Waals surface area (Å²) >= 11 is 12.8. The number of H-pyrrole nitrogens is 1. The number of rotatable bonds is 4. The number of fused-ring (bicyclic) bond motifs is 1. The van der Waals surface area contributed by atoms with Crippen molar-refractivity contribution in [2.24, 2.45) is 5.73 Å². The minimum Gasteiger partial charge on any atom is -0.497 e. The minimum atomic E-state index is -0.644. The number of methoxy groups -OCH3 is 2. The van der Waals surface area contributed by atoms with Gasteiger partial charge in [-0.2, -0.15) is 5.26 Å². The van der Waals surface area contributed by atoms with Gasteiger partial charge in [-0.15, -0.1) is 5.10 Å². The van der Waals surface area contributed by atoms with Gasteiger partial charge in [0.15, 0.2) is 0 Å². The zero-order chi connectivity index (χ0) is 21.4. The fourth-order valence-electron chi connectivity index (χ4n) is 3.51. The maximum absolute atomic E-state index is 9.84. The molecule has 2 heterocycles. The summed E-state index contributed by atoms with van der Waals surface area (Å²) < 4.78 is 16.5. The summed E-state index contributed by atoms with van der Waals surface area (Å²) in [5, 5.41) is 17.8. The van der Waals surface area contributed by atoms with Crippen LogP contribution in [-0.2, 0) is 0 Å². The largest absolute Gasteiger partial charge is 0.497 e. The first kappa shape index (κ1) is 20.0. The van der Waals surface area contributed by atoms with E-state index in [1.165, 1.54) is 0 Å². The molecule has 9 heteroatoms. The highest BCUT2D eigenvalue weighted by Crippen LogP contribution is 2.49. The van der Waals surface area contributed by atoms with Gasteiger partial charge in [-0.25, -0.2) is 0 Å². The molecule has 4 rings (SSSR count). The molecule has 152 valence electrons. The van der Waals surface area contributed by atoms with Crippen molar-refractivity contribution in [3.63, 3.8) is 0 Å². The zero-order valence-corrected chi connectivity index (χ0v) is 17.5.